The number of piperidine rings is 1. The van der Waals surface area contributed by atoms with Crippen LogP contribution < -0.4 is 10.2 Å². The Bertz CT molecular complexity index is 847. The Balaban J connectivity index is 1.55. The van der Waals surface area contributed by atoms with Crippen molar-refractivity contribution >= 4 is 16.1 Å². The maximum Gasteiger partial charge on any atom is 0.282 e. The number of carbonyl (C=O) groups is 1. The van der Waals surface area contributed by atoms with E-state index in [1.54, 1.807) is 16.1 Å². The number of nitrogens with zero attached hydrogens (tertiary/aromatic N) is 3. The normalized spacial score (nSPS) is 20.0. The lowest BCUT2D eigenvalue weighted by atomic mass is 10.2. The zero-order chi connectivity index (χ0) is 20.1. The van der Waals surface area contributed by atoms with Gasteiger partial charge in [0.2, 0.25) is 11.2 Å². The van der Waals surface area contributed by atoms with Crippen LogP contribution in [0.1, 0.15) is 31.4 Å². The van der Waals surface area contributed by atoms with Crippen molar-refractivity contribution < 1.29 is 22.4 Å². The third kappa shape index (κ3) is 4.92. The van der Waals surface area contributed by atoms with E-state index in [2.05, 4.69) is 0 Å². The average Bonchev–Trinajstić information content (AvgIpc) is 2.95. The van der Waals surface area contributed by atoms with Crippen LogP contribution in [0.3, 0.4) is 0 Å². The van der Waals surface area contributed by atoms with Crippen LogP contribution in [-0.2, 0) is 15.0 Å². The zero-order valence-electron chi connectivity index (χ0n) is 16.1. The van der Waals surface area contributed by atoms with Crippen molar-refractivity contribution in [2.45, 2.75) is 32.6 Å². The summed E-state index contributed by atoms with van der Waals surface area (Å²) in [6.45, 7) is 3.91. The van der Waals surface area contributed by atoms with E-state index in [-0.39, 0.29) is 30.2 Å². The fraction of sp³-hybridized carbons (Fsp3) is 0.667. The van der Waals surface area contributed by atoms with E-state index < -0.39 is 10.2 Å². The van der Waals surface area contributed by atoms with Gasteiger partial charge in [-0.05, 0) is 26.2 Å². The number of ether oxygens (including phenoxy) is 1. The molecule has 0 aromatic carbocycles. The molecular weight excluding hydrogens is 386 g/mol. The number of rotatable bonds is 5. The van der Waals surface area contributed by atoms with Crippen molar-refractivity contribution in [3.63, 3.8) is 0 Å². The monoisotopic (exact) mass is 413 g/mol. The second-order valence-corrected chi connectivity index (χ2v) is 9.04. The molecule has 0 spiro atoms. The average molecular weight is 413 g/mol. The van der Waals surface area contributed by atoms with Gasteiger partial charge in [-0.2, -0.15) is 17.0 Å². The standard InChI is InChI=1S/C18H27N3O6S/c1-15-12-16(22)17(13-26-15)27-14-18(23)19-6-5-9-21(11-10-19)28(24,25)20-7-3-2-4-8-20/h12-13H,2-11,14H2,1H3. The molecule has 0 atom stereocenters. The van der Waals surface area contributed by atoms with Gasteiger partial charge in [0.05, 0.1) is 0 Å². The van der Waals surface area contributed by atoms with Crippen molar-refractivity contribution in [2.75, 3.05) is 45.9 Å². The molecule has 1 aromatic heterocycles. The Morgan fingerprint density at radius 3 is 2.43 bits per heavy atom. The van der Waals surface area contributed by atoms with Crippen molar-refractivity contribution in [1.82, 2.24) is 13.5 Å². The van der Waals surface area contributed by atoms with E-state index in [0.717, 1.165) is 19.3 Å². The van der Waals surface area contributed by atoms with Crippen molar-refractivity contribution in [2.24, 2.45) is 0 Å². The van der Waals surface area contributed by atoms with Crippen LogP contribution in [0, 0.1) is 6.92 Å². The minimum absolute atomic E-state index is 0.0110. The largest absolute Gasteiger partial charge is 0.477 e. The van der Waals surface area contributed by atoms with E-state index in [1.165, 1.54) is 16.6 Å². The van der Waals surface area contributed by atoms with Gasteiger partial charge in [0.25, 0.3) is 16.1 Å². The van der Waals surface area contributed by atoms with Gasteiger partial charge in [-0.15, -0.1) is 0 Å². The smallest absolute Gasteiger partial charge is 0.282 e. The van der Waals surface area contributed by atoms with Crippen LogP contribution in [0.4, 0.5) is 0 Å². The highest BCUT2D eigenvalue weighted by atomic mass is 32.2. The second kappa shape index (κ2) is 9.06. The van der Waals surface area contributed by atoms with Crippen molar-refractivity contribution in [1.29, 1.82) is 0 Å². The van der Waals surface area contributed by atoms with Gasteiger partial charge in [0.15, 0.2) is 6.61 Å². The van der Waals surface area contributed by atoms with Crippen molar-refractivity contribution in [3.05, 3.63) is 28.3 Å². The van der Waals surface area contributed by atoms with Gasteiger partial charge in [-0.1, -0.05) is 6.42 Å². The summed E-state index contributed by atoms with van der Waals surface area (Å²) in [6.07, 6.45) is 4.60. The molecule has 2 fully saturated rings. The summed E-state index contributed by atoms with van der Waals surface area (Å²) < 4.78 is 39.1. The first kappa shape index (κ1) is 20.8. The molecule has 1 aromatic rings. The summed E-state index contributed by atoms with van der Waals surface area (Å²) in [5.41, 5.74) is -0.341. The third-order valence-electron chi connectivity index (χ3n) is 5.06. The number of hydrogen-bond donors (Lipinski definition) is 0. The maximum atomic E-state index is 12.8. The van der Waals surface area contributed by atoms with Crippen molar-refractivity contribution in [3.8, 4) is 5.75 Å². The predicted molar refractivity (Wildman–Crippen MR) is 102 cm³/mol. The maximum absolute atomic E-state index is 12.8. The highest BCUT2D eigenvalue weighted by molar-refractivity contribution is 7.86. The summed E-state index contributed by atoms with van der Waals surface area (Å²) in [7, 11) is -3.48. The quantitative estimate of drug-likeness (QED) is 0.701. The molecule has 0 N–H and O–H groups in total. The lowest BCUT2D eigenvalue weighted by molar-refractivity contribution is -0.133. The Kier molecular flexibility index (Phi) is 6.73. The van der Waals surface area contributed by atoms with E-state index >= 15 is 0 Å². The van der Waals surface area contributed by atoms with Gasteiger partial charge in [0.1, 0.15) is 12.0 Å². The summed E-state index contributed by atoms with van der Waals surface area (Å²) in [4.78, 5) is 25.8. The first-order valence-corrected chi connectivity index (χ1v) is 11.0. The van der Waals surface area contributed by atoms with E-state index in [9.17, 15) is 18.0 Å². The second-order valence-electron chi connectivity index (χ2n) is 7.11. The number of hydrogen-bond acceptors (Lipinski definition) is 6. The molecule has 156 valence electrons. The van der Waals surface area contributed by atoms with Crippen LogP contribution in [-0.4, -0.2) is 73.7 Å². The number of aryl methyl sites for hydroxylation is 1. The fourth-order valence-corrected chi connectivity index (χ4v) is 5.18. The van der Waals surface area contributed by atoms with Crippen LogP contribution in [0.2, 0.25) is 0 Å². The number of carbonyl (C=O) groups excluding carboxylic acids is 1. The Labute approximate surface area is 165 Å². The van der Waals surface area contributed by atoms with Crippen LogP contribution in [0.25, 0.3) is 0 Å². The highest BCUT2D eigenvalue weighted by Gasteiger charge is 2.32. The summed E-state index contributed by atoms with van der Waals surface area (Å²) in [6, 6.07) is 1.30. The topological polar surface area (TPSA) is 100 Å². The van der Waals surface area contributed by atoms with E-state index in [0.29, 0.717) is 44.9 Å². The molecule has 10 heteroatoms. The summed E-state index contributed by atoms with van der Waals surface area (Å²) >= 11 is 0. The Hall–Kier alpha value is -1.91. The summed E-state index contributed by atoms with van der Waals surface area (Å²) in [5, 5.41) is 0. The minimum atomic E-state index is -3.48. The molecule has 2 aliphatic heterocycles. The highest BCUT2D eigenvalue weighted by Crippen LogP contribution is 2.18. The first-order chi connectivity index (χ1) is 13.4. The molecule has 0 radical (unpaired) electrons. The Morgan fingerprint density at radius 1 is 1.04 bits per heavy atom. The molecule has 0 aliphatic carbocycles. The fourth-order valence-electron chi connectivity index (χ4n) is 3.46. The molecule has 2 aliphatic rings. The zero-order valence-corrected chi connectivity index (χ0v) is 16.9. The Morgan fingerprint density at radius 2 is 1.71 bits per heavy atom. The molecule has 0 bridgehead atoms. The predicted octanol–water partition coefficient (Wildman–Crippen LogP) is 0.592. The molecule has 1 amide bonds. The van der Waals surface area contributed by atoms with Crippen LogP contribution >= 0.6 is 0 Å². The third-order valence-corrected chi connectivity index (χ3v) is 7.09. The van der Waals surface area contributed by atoms with Crippen LogP contribution in [0.5, 0.6) is 5.75 Å². The van der Waals surface area contributed by atoms with E-state index in [1.807, 2.05) is 0 Å². The summed E-state index contributed by atoms with van der Waals surface area (Å²) in [5.74, 6) is 0.173. The molecular formula is C18H27N3O6S. The molecule has 28 heavy (non-hydrogen) atoms. The lowest BCUT2D eigenvalue weighted by Crippen LogP contribution is -2.47. The number of amides is 1. The van der Waals surface area contributed by atoms with Gasteiger partial charge in [-0.25, -0.2) is 0 Å². The lowest BCUT2D eigenvalue weighted by Gasteiger charge is -2.31. The van der Waals surface area contributed by atoms with E-state index in [4.69, 9.17) is 9.15 Å². The van der Waals surface area contributed by atoms with Gasteiger partial charge in [-0.3, -0.25) is 9.59 Å². The van der Waals surface area contributed by atoms with Crippen LogP contribution in [0.15, 0.2) is 21.5 Å². The minimum Gasteiger partial charge on any atom is -0.477 e. The molecule has 9 nitrogen and oxygen atoms in total. The molecule has 3 heterocycles. The molecule has 3 rings (SSSR count). The van der Waals surface area contributed by atoms with Gasteiger partial charge < -0.3 is 14.1 Å². The van der Waals surface area contributed by atoms with Gasteiger partial charge in [0, 0.05) is 45.3 Å². The molecule has 0 saturated carbocycles. The molecule has 0 unspecified atom stereocenters. The first-order valence-electron chi connectivity index (χ1n) is 9.63. The van der Waals surface area contributed by atoms with Gasteiger partial charge >= 0.3 is 0 Å². The SMILES string of the molecule is Cc1cc(=O)c(OCC(=O)N2CCCN(S(=O)(=O)N3CCCCC3)CC2)co1. The molecule has 2 saturated heterocycles.